The van der Waals surface area contributed by atoms with Crippen LogP contribution >= 0.6 is 0 Å². The third-order valence-electron chi connectivity index (χ3n) is 5.55. The molecule has 2 aromatic rings. The molecule has 2 amide bonds. The lowest BCUT2D eigenvalue weighted by Gasteiger charge is -2.37. The van der Waals surface area contributed by atoms with E-state index in [0.29, 0.717) is 31.7 Å². The van der Waals surface area contributed by atoms with E-state index in [1.54, 1.807) is 4.90 Å². The molecule has 1 saturated heterocycles. The van der Waals surface area contributed by atoms with E-state index >= 15 is 0 Å². The highest BCUT2D eigenvalue weighted by molar-refractivity contribution is 5.96. The van der Waals surface area contributed by atoms with Crippen LogP contribution in [0.15, 0.2) is 36.4 Å². The zero-order chi connectivity index (χ0) is 21.1. The van der Waals surface area contributed by atoms with Gasteiger partial charge in [0.1, 0.15) is 5.82 Å². The van der Waals surface area contributed by atoms with Crippen LogP contribution in [0.4, 0.5) is 10.1 Å². The lowest BCUT2D eigenvalue weighted by molar-refractivity contribution is -0.121. The van der Waals surface area contributed by atoms with E-state index in [1.807, 2.05) is 27.7 Å². The van der Waals surface area contributed by atoms with Crippen LogP contribution in [-0.2, 0) is 4.79 Å². The highest BCUT2D eigenvalue weighted by atomic mass is 19.1. The predicted molar refractivity (Wildman–Crippen MR) is 113 cm³/mol. The van der Waals surface area contributed by atoms with Crippen molar-refractivity contribution in [3.8, 4) is 0 Å². The number of anilines is 1. The number of hydrogen-bond donors (Lipinski definition) is 1. The Hall–Kier alpha value is -2.73. The van der Waals surface area contributed by atoms with Crippen molar-refractivity contribution in [3.05, 3.63) is 64.5 Å². The summed E-state index contributed by atoms with van der Waals surface area (Å²) < 4.78 is 13.1. The molecule has 1 unspecified atom stereocenters. The minimum atomic E-state index is -0.356. The number of halogens is 1. The summed E-state index contributed by atoms with van der Waals surface area (Å²) in [5, 5.41) is 3.07. The van der Waals surface area contributed by atoms with E-state index in [1.165, 1.54) is 29.8 Å². The lowest BCUT2D eigenvalue weighted by atomic mass is 10.0. The van der Waals surface area contributed by atoms with Crippen LogP contribution in [-0.4, -0.2) is 53.8 Å². The fourth-order valence-corrected chi connectivity index (χ4v) is 3.86. The van der Waals surface area contributed by atoms with Crippen LogP contribution < -0.4 is 5.32 Å². The summed E-state index contributed by atoms with van der Waals surface area (Å²) in [6.45, 7) is 10.3. The monoisotopic (exact) mass is 397 g/mol. The SMILES string of the molecule is Cc1cc(C)c(NC(=O)C(C)N2CCN(C(=O)c3ccc(F)cc3)CC2)c(C)c1. The molecule has 1 heterocycles. The molecule has 1 fully saturated rings. The molecular weight excluding hydrogens is 369 g/mol. The van der Waals surface area contributed by atoms with Gasteiger partial charge in [0.15, 0.2) is 0 Å². The Morgan fingerprint density at radius 2 is 1.52 bits per heavy atom. The minimum Gasteiger partial charge on any atom is -0.336 e. The molecule has 1 atom stereocenters. The first-order valence-electron chi connectivity index (χ1n) is 9.94. The van der Waals surface area contributed by atoms with Crippen molar-refractivity contribution >= 4 is 17.5 Å². The number of aryl methyl sites for hydroxylation is 3. The summed E-state index contributed by atoms with van der Waals surface area (Å²) in [4.78, 5) is 29.2. The van der Waals surface area contributed by atoms with Crippen LogP contribution in [0.25, 0.3) is 0 Å². The second kappa shape index (κ2) is 8.74. The molecule has 0 aromatic heterocycles. The van der Waals surface area contributed by atoms with Crippen molar-refractivity contribution in [1.29, 1.82) is 0 Å². The Bertz CT molecular complexity index is 880. The first-order valence-corrected chi connectivity index (χ1v) is 9.94. The summed E-state index contributed by atoms with van der Waals surface area (Å²) in [7, 11) is 0. The summed E-state index contributed by atoms with van der Waals surface area (Å²) in [5.74, 6) is -0.503. The maximum absolute atomic E-state index is 13.1. The molecule has 1 aliphatic heterocycles. The number of rotatable bonds is 4. The normalized spacial score (nSPS) is 15.8. The van der Waals surface area contributed by atoms with Gasteiger partial charge in [-0.25, -0.2) is 4.39 Å². The van der Waals surface area contributed by atoms with Gasteiger partial charge >= 0.3 is 0 Å². The van der Waals surface area contributed by atoms with Gasteiger partial charge in [-0.15, -0.1) is 0 Å². The van der Waals surface area contributed by atoms with Crippen LogP contribution in [0.1, 0.15) is 34.0 Å². The standard InChI is InChI=1S/C23H28FN3O2/c1-15-13-16(2)21(17(3)14-15)25-22(28)18(4)26-9-11-27(12-10-26)23(29)19-5-7-20(24)8-6-19/h5-8,13-14,18H,9-12H2,1-4H3,(H,25,28). The Morgan fingerprint density at radius 3 is 2.07 bits per heavy atom. The number of benzene rings is 2. The van der Waals surface area contributed by atoms with E-state index in [4.69, 9.17) is 0 Å². The molecule has 0 bridgehead atoms. The van der Waals surface area contributed by atoms with E-state index in [0.717, 1.165) is 16.8 Å². The van der Waals surface area contributed by atoms with E-state index in [2.05, 4.69) is 22.3 Å². The Morgan fingerprint density at radius 1 is 0.966 bits per heavy atom. The second-order valence-corrected chi connectivity index (χ2v) is 7.77. The van der Waals surface area contributed by atoms with Gasteiger partial charge in [-0.2, -0.15) is 0 Å². The number of nitrogens with one attached hydrogen (secondary N) is 1. The number of carbonyl (C=O) groups is 2. The van der Waals surface area contributed by atoms with Gasteiger partial charge in [0, 0.05) is 37.4 Å². The molecule has 0 spiro atoms. The third-order valence-corrected chi connectivity index (χ3v) is 5.55. The van der Waals surface area contributed by atoms with Crippen LogP contribution in [0.3, 0.4) is 0 Å². The Kier molecular flexibility index (Phi) is 6.33. The predicted octanol–water partition coefficient (Wildman–Crippen LogP) is 3.54. The van der Waals surface area contributed by atoms with E-state index < -0.39 is 0 Å². The smallest absolute Gasteiger partial charge is 0.253 e. The molecule has 29 heavy (non-hydrogen) atoms. The van der Waals surface area contributed by atoms with Crippen LogP contribution in [0, 0.1) is 26.6 Å². The number of carbonyl (C=O) groups excluding carboxylic acids is 2. The summed E-state index contributed by atoms with van der Waals surface area (Å²) in [6, 6.07) is 9.44. The minimum absolute atomic E-state index is 0.0432. The van der Waals surface area contributed by atoms with Gasteiger partial charge < -0.3 is 10.2 Å². The molecule has 1 aliphatic rings. The quantitative estimate of drug-likeness (QED) is 0.859. The zero-order valence-electron chi connectivity index (χ0n) is 17.5. The number of piperazine rings is 1. The number of nitrogens with zero attached hydrogens (tertiary/aromatic N) is 2. The van der Waals surface area contributed by atoms with Gasteiger partial charge in [-0.1, -0.05) is 17.7 Å². The average molecular weight is 397 g/mol. The molecular formula is C23H28FN3O2. The highest BCUT2D eigenvalue weighted by Gasteiger charge is 2.28. The van der Waals surface area contributed by atoms with Crippen molar-refractivity contribution in [2.45, 2.75) is 33.7 Å². The first-order chi connectivity index (χ1) is 13.8. The molecule has 154 valence electrons. The maximum atomic E-state index is 13.1. The topological polar surface area (TPSA) is 52.7 Å². The molecule has 0 radical (unpaired) electrons. The number of hydrogen-bond acceptors (Lipinski definition) is 3. The van der Waals surface area contributed by atoms with Crippen molar-refractivity contribution in [1.82, 2.24) is 9.80 Å². The van der Waals surface area contributed by atoms with Crippen molar-refractivity contribution in [2.24, 2.45) is 0 Å². The Labute approximate surface area is 171 Å². The van der Waals surface area contributed by atoms with Crippen molar-refractivity contribution in [2.75, 3.05) is 31.5 Å². The fourth-order valence-electron chi connectivity index (χ4n) is 3.86. The first kappa shape index (κ1) is 21.0. The molecule has 5 nitrogen and oxygen atoms in total. The molecule has 6 heteroatoms. The van der Waals surface area contributed by atoms with Crippen molar-refractivity contribution in [3.63, 3.8) is 0 Å². The molecule has 2 aromatic carbocycles. The largest absolute Gasteiger partial charge is 0.336 e. The zero-order valence-corrected chi connectivity index (χ0v) is 17.5. The fraction of sp³-hybridized carbons (Fsp3) is 0.391. The van der Waals surface area contributed by atoms with Gasteiger partial charge in [-0.3, -0.25) is 14.5 Å². The van der Waals surface area contributed by atoms with Gasteiger partial charge in [-0.05, 0) is 63.1 Å². The highest BCUT2D eigenvalue weighted by Crippen LogP contribution is 2.22. The van der Waals surface area contributed by atoms with E-state index in [9.17, 15) is 14.0 Å². The van der Waals surface area contributed by atoms with Crippen molar-refractivity contribution < 1.29 is 14.0 Å². The summed E-state index contributed by atoms with van der Waals surface area (Å²) in [5.41, 5.74) is 4.64. The van der Waals surface area contributed by atoms with Crippen LogP contribution in [0.5, 0.6) is 0 Å². The molecule has 0 saturated carbocycles. The average Bonchev–Trinajstić information content (AvgIpc) is 2.70. The third kappa shape index (κ3) is 4.82. The molecule has 1 N–H and O–H groups in total. The second-order valence-electron chi connectivity index (χ2n) is 7.77. The summed E-state index contributed by atoms with van der Waals surface area (Å²) in [6.07, 6.45) is 0. The number of amides is 2. The van der Waals surface area contributed by atoms with Crippen LogP contribution in [0.2, 0.25) is 0 Å². The molecule has 3 rings (SSSR count). The lowest BCUT2D eigenvalue weighted by Crippen LogP contribution is -2.54. The van der Waals surface area contributed by atoms with E-state index in [-0.39, 0.29) is 23.7 Å². The Balaban J connectivity index is 1.58. The summed E-state index contributed by atoms with van der Waals surface area (Å²) >= 11 is 0. The maximum Gasteiger partial charge on any atom is 0.253 e. The van der Waals surface area contributed by atoms with Gasteiger partial charge in [0.25, 0.3) is 5.91 Å². The molecule has 0 aliphatic carbocycles. The van der Waals surface area contributed by atoms with Gasteiger partial charge in [0.2, 0.25) is 5.91 Å². The van der Waals surface area contributed by atoms with Gasteiger partial charge in [0.05, 0.1) is 6.04 Å².